The maximum atomic E-state index is 5.86. The van der Waals surface area contributed by atoms with Crippen molar-refractivity contribution in [2.45, 2.75) is 13.8 Å². The molecule has 1 nitrogen and oxygen atoms in total. The molecule has 0 atom stereocenters. The topological polar surface area (TPSA) is 9.23 Å². The predicted octanol–water partition coefficient (Wildman–Crippen LogP) is 4.46. The summed E-state index contributed by atoms with van der Waals surface area (Å²) >= 11 is 5.67. The fourth-order valence-electron chi connectivity index (χ4n) is 1.88. The van der Waals surface area contributed by atoms with Crippen LogP contribution in [0.25, 0.3) is 10.8 Å². The molecular formula is C17H17ClO. The first kappa shape index (κ1) is 13.8. The first-order valence-corrected chi connectivity index (χ1v) is 6.95. The summed E-state index contributed by atoms with van der Waals surface area (Å²) in [5.74, 6) is 7.69. The minimum absolute atomic E-state index is 0.326. The van der Waals surface area contributed by atoms with Crippen molar-refractivity contribution in [2.24, 2.45) is 5.92 Å². The molecule has 0 aromatic heterocycles. The van der Waals surface area contributed by atoms with Crippen LogP contribution < -0.4 is 4.74 Å². The Morgan fingerprint density at radius 2 is 1.95 bits per heavy atom. The Balaban J connectivity index is 2.50. The lowest BCUT2D eigenvalue weighted by molar-refractivity contribution is 0.271. The normalized spacial score (nSPS) is 10.3. The molecule has 0 aliphatic carbocycles. The number of rotatable bonds is 3. The van der Waals surface area contributed by atoms with Gasteiger partial charge < -0.3 is 4.74 Å². The highest BCUT2D eigenvalue weighted by Crippen LogP contribution is 2.27. The van der Waals surface area contributed by atoms with Crippen molar-refractivity contribution >= 4 is 22.4 Å². The van der Waals surface area contributed by atoms with E-state index in [1.165, 1.54) is 5.39 Å². The molecule has 0 spiro atoms. The number of benzene rings is 2. The molecule has 0 saturated carbocycles. The van der Waals surface area contributed by atoms with Gasteiger partial charge in [0.15, 0.2) is 0 Å². The minimum atomic E-state index is 0.326. The molecule has 0 heterocycles. The van der Waals surface area contributed by atoms with Crippen LogP contribution in [0, 0.1) is 17.8 Å². The second-order valence-electron chi connectivity index (χ2n) is 4.80. The zero-order valence-corrected chi connectivity index (χ0v) is 12.0. The molecule has 0 aliphatic heterocycles. The molecule has 0 amide bonds. The Kier molecular flexibility index (Phi) is 4.71. The Morgan fingerprint density at radius 3 is 2.68 bits per heavy atom. The Labute approximate surface area is 119 Å². The standard InChI is InChI=1S/C17H17ClO/c1-13(2)12-19-17-10-9-14-6-3-4-7-15(14)16(17)8-5-11-18/h3-4,6-7,9-10,13H,11-12H2,1-2H3. The first-order chi connectivity index (χ1) is 9.22. The molecule has 2 aromatic rings. The van der Waals surface area contributed by atoms with E-state index in [9.17, 15) is 0 Å². The first-order valence-electron chi connectivity index (χ1n) is 6.41. The van der Waals surface area contributed by atoms with Gasteiger partial charge in [-0.25, -0.2) is 0 Å². The maximum absolute atomic E-state index is 5.86. The summed E-state index contributed by atoms with van der Waals surface area (Å²) in [7, 11) is 0. The Hall–Kier alpha value is -1.65. The molecule has 19 heavy (non-hydrogen) atoms. The van der Waals surface area contributed by atoms with E-state index in [0.717, 1.165) is 16.7 Å². The van der Waals surface area contributed by atoms with Crippen molar-refractivity contribution in [3.05, 3.63) is 42.0 Å². The summed E-state index contributed by atoms with van der Waals surface area (Å²) in [5.41, 5.74) is 0.930. The number of alkyl halides is 1. The van der Waals surface area contributed by atoms with Crippen LogP contribution >= 0.6 is 11.6 Å². The van der Waals surface area contributed by atoms with E-state index in [4.69, 9.17) is 16.3 Å². The lowest BCUT2D eigenvalue weighted by atomic mass is 10.0. The van der Waals surface area contributed by atoms with Crippen molar-refractivity contribution < 1.29 is 4.74 Å². The maximum Gasteiger partial charge on any atom is 0.135 e. The third-order valence-corrected chi connectivity index (χ3v) is 2.88. The summed E-state index contributed by atoms with van der Waals surface area (Å²) in [6.07, 6.45) is 0. The van der Waals surface area contributed by atoms with Crippen molar-refractivity contribution in [3.8, 4) is 17.6 Å². The van der Waals surface area contributed by atoms with Crippen molar-refractivity contribution in [1.82, 2.24) is 0 Å². The third-order valence-electron chi connectivity index (χ3n) is 2.74. The van der Waals surface area contributed by atoms with E-state index in [1.54, 1.807) is 0 Å². The highest BCUT2D eigenvalue weighted by atomic mass is 35.5. The number of ether oxygens (including phenoxy) is 1. The molecule has 0 unspecified atom stereocenters. The van der Waals surface area contributed by atoms with E-state index < -0.39 is 0 Å². The average Bonchev–Trinajstić information content (AvgIpc) is 2.43. The average molecular weight is 273 g/mol. The van der Waals surface area contributed by atoms with Crippen LogP contribution in [0.15, 0.2) is 36.4 Å². The molecule has 0 bridgehead atoms. The number of hydrogen-bond donors (Lipinski definition) is 0. The van der Waals surface area contributed by atoms with E-state index in [0.29, 0.717) is 18.4 Å². The SMILES string of the molecule is CC(C)COc1ccc2ccccc2c1C#CCCl. The van der Waals surface area contributed by atoms with Crippen LogP contribution in [0.1, 0.15) is 19.4 Å². The summed E-state index contributed by atoms with van der Waals surface area (Å²) in [5, 5.41) is 2.28. The van der Waals surface area contributed by atoms with E-state index in [1.807, 2.05) is 18.2 Å². The fourth-order valence-corrected chi connectivity index (χ4v) is 1.95. The summed E-state index contributed by atoms with van der Waals surface area (Å²) < 4.78 is 5.86. The predicted molar refractivity (Wildman–Crippen MR) is 81.9 cm³/mol. The number of halogens is 1. The molecule has 0 saturated heterocycles. The van der Waals surface area contributed by atoms with Crippen LogP contribution in [-0.4, -0.2) is 12.5 Å². The molecule has 2 heteroatoms. The Bertz CT molecular complexity index is 620. The quantitative estimate of drug-likeness (QED) is 0.592. The highest BCUT2D eigenvalue weighted by Gasteiger charge is 2.07. The summed E-state index contributed by atoms with van der Waals surface area (Å²) in [4.78, 5) is 0. The molecule has 0 N–H and O–H groups in total. The van der Waals surface area contributed by atoms with Crippen molar-refractivity contribution in [1.29, 1.82) is 0 Å². The van der Waals surface area contributed by atoms with Gasteiger partial charge in [0.05, 0.1) is 18.1 Å². The number of hydrogen-bond acceptors (Lipinski definition) is 1. The van der Waals surface area contributed by atoms with Gasteiger partial charge in [-0.3, -0.25) is 0 Å². The third kappa shape index (κ3) is 3.43. The Morgan fingerprint density at radius 1 is 1.16 bits per heavy atom. The van der Waals surface area contributed by atoms with Gasteiger partial charge in [0, 0.05) is 5.39 Å². The molecule has 2 aromatic carbocycles. The van der Waals surface area contributed by atoms with Crippen LogP contribution in [0.2, 0.25) is 0 Å². The molecular weight excluding hydrogens is 256 g/mol. The van der Waals surface area contributed by atoms with Crippen molar-refractivity contribution in [2.75, 3.05) is 12.5 Å². The van der Waals surface area contributed by atoms with Gasteiger partial charge >= 0.3 is 0 Å². The lowest BCUT2D eigenvalue weighted by Gasteiger charge is -2.12. The van der Waals surface area contributed by atoms with E-state index in [-0.39, 0.29) is 0 Å². The van der Waals surface area contributed by atoms with Gasteiger partial charge in [-0.05, 0) is 17.4 Å². The molecule has 2 rings (SSSR count). The van der Waals surface area contributed by atoms with E-state index >= 15 is 0 Å². The van der Waals surface area contributed by atoms with Gasteiger partial charge in [-0.1, -0.05) is 56.0 Å². The van der Waals surface area contributed by atoms with Crippen LogP contribution in [0.3, 0.4) is 0 Å². The smallest absolute Gasteiger partial charge is 0.135 e. The highest BCUT2D eigenvalue weighted by molar-refractivity contribution is 6.19. The van der Waals surface area contributed by atoms with E-state index in [2.05, 4.69) is 43.9 Å². The zero-order valence-electron chi connectivity index (χ0n) is 11.2. The van der Waals surface area contributed by atoms with Gasteiger partial charge in [0.2, 0.25) is 0 Å². The van der Waals surface area contributed by atoms with Crippen LogP contribution in [-0.2, 0) is 0 Å². The fraction of sp³-hybridized carbons (Fsp3) is 0.294. The van der Waals surface area contributed by atoms with Gasteiger partial charge in [0.1, 0.15) is 5.75 Å². The molecule has 0 aliphatic rings. The minimum Gasteiger partial charge on any atom is -0.492 e. The zero-order chi connectivity index (χ0) is 13.7. The lowest BCUT2D eigenvalue weighted by Crippen LogP contribution is -2.05. The van der Waals surface area contributed by atoms with Crippen LogP contribution in [0.5, 0.6) is 5.75 Å². The van der Waals surface area contributed by atoms with Crippen LogP contribution in [0.4, 0.5) is 0 Å². The van der Waals surface area contributed by atoms with Crippen molar-refractivity contribution in [3.63, 3.8) is 0 Å². The molecule has 98 valence electrons. The van der Waals surface area contributed by atoms with Gasteiger partial charge in [0.25, 0.3) is 0 Å². The van der Waals surface area contributed by atoms with Gasteiger partial charge in [-0.2, -0.15) is 0 Å². The molecule has 0 fully saturated rings. The molecule has 0 radical (unpaired) electrons. The van der Waals surface area contributed by atoms with Gasteiger partial charge in [-0.15, -0.1) is 11.6 Å². The monoisotopic (exact) mass is 272 g/mol. The summed E-state index contributed by atoms with van der Waals surface area (Å²) in [6.45, 7) is 4.95. The largest absolute Gasteiger partial charge is 0.492 e. The second-order valence-corrected chi connectivity index (χ2v) is 5.07. The second kappa shape index (κ2) is 6.50. The summed E-state index contributed by atoms with van der Waals surface area (Å²) in [6, 6.07) is 12.2. The number of fused-ring (bicyclic) bond motifs is 1.